The van der Waals surface area contributed by atoms with E-state index in [1.165, 1.54) is 19.2 Å². The van der Waals surface area contributed by atoms with Crippen LogP contribution in [-0.2, 0) is 15.2 Å². The molecule has 0 aliphatic carbocycles. The number of oxime groups is 1. The molecule has 0 aromatic heterocycles. The second-order valence-electron chi connectivity index (χ2n) is 9.02. The Labute approximate surface area is 238 Å². The van der Waals surface area contributed by atoms with Crippen LogP contribution in [0.4, 0.5) is 30.7 Å². The number of methoxy groups -OCH3 is 1. The third-order valence-corrected chi connectivity index (χ3v) is 6.93. The zero-order chi connectivity index (χ0) is 30.2. The molecule has 3 aromatic rings. The van der Waals surface area contributed by atoms with Gasteiger partial charge in [-0.3, -0.25) is 10.1 Å². The zero-order valence-corrected chi connectivity index (χ0v) is 22.4. The van der Waals surface area contributed by atoms with Crippen molar-refractivity contribution in [3.05, 3.63) is 81.1 Å². The van der Waals surface area contributed by atoms with Gasteiger partial charge in [0.25, 0.3) is 11.5 Å². The molecule has 6 nitrogen and oxygen atoms in total. The molecule has 0 saturated heterocycles. The molecule has 1 aliphatic heterocycles. The number of hydrogen-bond donors (Lipinski definition) is 2. The Morgan fingerprint density at radius 2 is 1.71 bits per heavy atom. The molecule has 0 bridgehead atoms. The maximum Gasteiger partial charge on any atom is 0.435 e. The first-order valence-corrected chi connectivity index (χ1v) is 12.5. The van der Waals surface area contributed by atoms with Gasteiger partial charge in [-0.2, -0.15) is 26.3 Å². The molecule has 0 spiro atoms. The summed E-state index contributed by atoms with van der Waals surface area (Å²) in [5.41, 5.74) is -3.35. The number of nitrogens with zero attached hydrogens (tertiary/aromatic N) is 1. The van der Waals surface area contributed by atoms with Crippen molar-refractivity contribution in [3.63, 3.8) is 0 Å². The van der Waals surface area contributed by atoms with Gasteiger partial charge in [0.2, 0.25) is 0 Å². The topological polar surface area (TPSA) is 72.0 Å². The molecule has 1 heterocycles. The molecule has 4 rings (SSSR count). The third kappa shape index (κ3) is 6.37. The summed E-state index contributed by atoms with van der Waals surface area (Å²) in [4.78, 5) is 17.9. The molecule has 1 amide bonds. The number of carbonyl (C=O) groups excluding carboxylic acids is 1. The number of nitrogens with one attached hydrogen (secondary N) is 2. The summed E-state index contributed by atoms with van der Waals surface area (Å²) in [5.74, 6) is -1.74. The Balaban J connectivity index is 1.63. The van der Waals surface area contributed by atoms with Crippen molar-refractivity contribution in [2.75, 3.05) is 20.2 Å². The van der Waals surface area contributed by atoms with Gasteiger partial charge in [-0.1, -0.05) is 58.7 Å². The molecule has 15 heteroatoms. The van der Waals surface area contributed by atoms with Crippen LogP contribution in [0.3, 0.4) is 0 Å². The fourth-order valence-electron chi connectivity index (χ4n) is 4.33. The first kappa shape index (κ1) is 30.8. The van der Waals surface area contributed by atoms with E-state index >= 15 is 0 Å². The van der Waals surface area contributed by atoms with Gasteiger partial charge in [0.15, 0.2) is 5.82 Å². The van der Waals surface area contributed by atoms with Crippen LogP contribution < -0.4 is 10.6 Å². The highest BCUT2D eigenvalue weighted by Crippen LogP contribution is 2.50. The molecule has 0 saturated carbocycles. The molecule has 2 unspecified atom stereocenters. The van der Waals surface area contributed by atoms with Crippen molar-refractivity contribution in [2.24, 2.45) is 5.16 Å². The van der Waals surface area contributed by atoms with Gasteiger partial charge < -0.3 is 14.9 Å². The summed E-state index contributed by atoms with van der Waals surface area (Å²) >= 11 is 11.5. The van der Waals surface area contributed by atoms with E-state index in [4.69, 9.17) is 32.8 Å². The fourth-order valence-corrected chi connectivity index (χ4v) is 4.82. The van der Waals surface area contributed by atoms with Gasteiger partial charge in [0.05, 0.1) is 28.8 Å². The van der Waals surface area contributed by atoms with E-state index in [9.17, 15) is 35.5 Å². The van der Waals surface area contributed by atoms with E-state index in [0.717, 1.165) is 12.1 Å². The normalized spacial score (nSPS) is 18.2. The Kier molecular flexibility index (Phi) is 8.74. The lowest BCUT2D eigenvalue weighted by molar-refractivity contribution is -0.275. The predicted molar refractivity (Wildman–Crippen MR) is 138 cm³/mol. The highest BCUT2D eigenvalue weighted by atomic mass is 35.5. The Bertz CT molecular complexity index is 1470. The summed E-state index contributed by atoms with van der Waals surface area (Å²) in [5, 5.41) is 7.76. The van der Waals surface area contributed by atoms with Gasteiger partial charge >= 0.3 is 12.4 Å². The SMILES string of the molecule is COC(CNC(=O)c1ccc(C2=NOC(c3cc(Cl)c(F)c(Cl)c3)(C(F)(F)F)C2)c2ccccc12)NCC(F)(F)F. The monoisotopic (exact) mass is 625 g/mol. The van der Waals surface area contributed by atoms with Gasteiger partial charge in [0.1, 0.15) is 6.23 Å². The number of hydrogen-bond acceptors (Lipinski definition) is 5. The summed E-state index contributed by atoms with van der Waals surface area (Å²) in [6, 6.07) is 10.6. The van der Waals surface area contributed by atoms with Gasteiger partial charge in [-0.25, -0.2) is 4.39 Å². The molecule has 0 fully saturated rings. The number of benzene rings is 3. The second kappa shape index (κ2) is 11.6. The van der Waals surface area contributed by atoms with Gasteiger partial charge in [-0.15, -0.1) is 0 Å². The standard InChI is InChI=1S/C26H20Cl2F7N3O3/c1-40-21(37-12-25(30,31)32)11-36-23(39)17-7-6-16(14-4-2-3-5-15(14)17)20-10-24(41-38-20,26(33,34)35)13-8-18(27)22(29)19(28)9-13/h2-9,21,37H,10-12H2,1H3,(H,36,39). The molecular weight excluding hydrogens is 606 g/mol. The number of carbonyl (C=O) groups is 1. The first-order chi connectivity index (χ1) is 19.2. The fraction of sp³-hybridized carbons (Fsp3) is 0.308. The molecule has 41 heavy (non-hydrogen) atoms. The van der Waals surface area contributed by atoms with Crippen molar-refractivity contribution < 1.29 is 45.1 Å². The Morgan fingerprint density at radius 1 is 1.07 bits per heavy atom. The average Bonchev–Trinajstić information content (AvgIpc) is 3.37. The average molecular weight is 626 g/mol. The van der Waals surface area contributed by atoms with Crippen LogP contribution in [0.5, 0.6) is 0 Å². The Hall–Kier alpha value is -3.13. The molecule has 1 aliphatic rings. The molecule has 2 N–H and O–H groups in total. The summed E-state index contributed by atoms with van der Waals surface area (Å²) in [6.45, 7) is -1.64. The third-order valence-electron chi connectivity index (χ3n) is 6.38. The van der Waals surface area contributed by atoms with Crippen molar-refractivity contribution in [1.82, 2.24) is 10.6 Å². The number of alkyl halides is 6. The maximum atomic E-state index is 14.4. The first-order valence-electron chi connectivity index (χ1n) is 11.8. The van der Waals surface area contributed by atoms with Crippen LogP contribution in [0, 0.1) is 5.82 Å². The minimum atomic E-state index is -5.02. The highest BCUT2D eigenvalue weighted by Gasteiger charge is 2.62. The molecular formula is C26H20Cl2F7N3O3. The number of ether oxygens (including phenoxy) is 1. The van der Waals surface area contributed by atoms with Crippen LogP contribution in [-0.4, -0.2) is 50.4 Å². The lowest BCUT2D eigenvalue weighted by atomic mass is 9.85. The highest BCUT2D eigenvalue weighted by molar-refractivity contribution is 6.35. The van der Waals surface area contributed by atoms with E-state index in [0.29, 0.717) is 10.8 Å². The van der Waals surface area contributed by atoms with Crippen LogP contribution in [0.1, 0.15) is 27.9 Å². The number of amides is 1. The molecule has 220 valence electrons. The molecule has 3 aromatic carbocycles. The number of rotatable bonds is 8. The summed E-state index contributed by atoms with van der Waals surface area (Å²) < 4.78 is 99.7. The molecule has 2 atom stereocenters. The molecule has 0 radical (unpaired) electrons. The van der Waals surface area contributed by atoms with Crippen LogP contribution in [0.25, 0.3) is 10.8 Å². The van der Waals surface area contributed by atoms with E-state index in [2.05, 4.69) is 15.8 Å². The van der Waals surface area contributed by atoms with E-state index in [1.54, 1.807) is 24.3 Å². The second-order valence-corrected chi connectivity index (χ2v) is 9.84. The smallest absolute Gasteiger partial charge is 0.374 e. The predicted octanol–water partition coefficient (Wildman–Crippen LogP) is 6.72. The van der Waals surface area contributed by atoms with Crippen molar-refractivity contribution in [2.45, 2.75) is 30.6 Å². The van der Waals surface area contributed by atoms with E-state index in [1.807, 2.05) is 0 Å². The van der Waals surface area contributed by atoms with Gasteiger partial charge in [0, 0.05) is 30.2 Å². The minimum absolute atomic E-state index is 0.105. The largest absolute Gasteiger partial charge is 0.435 e. The number of halogens is 9. The zero-order valence-electron chi connectivity index (χ0n) is 20.9. The maximum absolute atomic E-state index is 14.4. The van der Waals surface area contributed by atoms with Crippen molar-refractivity contribution in [3.8, 4) is 0 Å². The summed E-state index contributed by atoms with van der Waals surface area (Å²) in [7, 11) is 1.17. The lowest BCUT2D eigenvalue weighted by Crippen LogP contribution is -2.45. The Morgan fingerprint density at radius 3 is 2.29 bits per heavy atom. The van der Waals surface area contributed by atoms with Crippen molar-refractivity contribution in [1.29, 1.82) is 0 Å². The minimum Gasteiger partial charge on any atom is -0.374 e. The van der Waals surface area contributed by atoms with Crippen LogP contribution >= 0.6 is 23.2 Å². The lowest BCUT2D eigenvalue weighted by Gasteiger charge is -2.29. The number of fused-ring (bicyclic) bond motifs is 1. The summed E-state index contributed by atoms with van der Waals surface area (Å²) in [6.07, 6.45) is -11.5. The van der Waals surface area contributed by atoms with Crippen LogP contribution in [0.2, 0.25) is 10.0 Å². The van der Waals surface area contributed by atoms with Gasteiger partial charge in [-0.05, 0) is 29.0 Å². The quantitative estimate of drug-likeness (QED) is 0.166. The van der Waals surface area contributed by atoms with E-state index in [-0.39, 0.29) is 23.4 Å². The van der Waals surface area contributed by atoms with Crippen molar-refractivity contribution >= 4 is 45.6 Å². The van der Waals surface area contributed by atoms with E-state index < -0.39 is 64.5 Å². The van der Waals surface area contributed by atoms with Crippen LogP contribution in [0.15, 0.2) is 53.7 Å².